The third-order valence-corrected chi connectivity index (χ3v) is 4.34. The molecule has 1 aromatic rings. The van der Waals surface area contributed by atoms with Crippen LogP contribution >= 0.6 is 11.3 Å². The maximum Gasteiger partial charge on any atom is 0.0898 e. The Bertz CT molecular complexity index is 344. The summed E-state index contributed by atoms with van der Waals surface area (Å²) in [5.41, 5.74) is 1.24. The summed E-state index contributed by atoms with van der Waals surface area (Å²) in [6.07, 6.45) is 2.48. The third-order valence-electron chi connectivity index (χ3n) is 3.55. The summed E-state index contributed by atoms with van der Waals surface area (Å²) in [7, 11) is 0. The van der Waals surface area contributed by atoms with Gasteiger partial charge in [-0.2, -0.15) is 0 Å². The molecule has 0 aromatic carbocycles. The Kier molecular flexibility index (Phi) is 4.54. The number of rotatable bonds is 5. The highest BCUT2D eigenvalue weighted by molar-refractivity contribution is 7.09. The first-order valence-electron chi connectivity index (χ1n) is 6.61. The molecule has 2 atom stereocenters. The van der Waals surface area contributed by atoms with Crippen molar-refractivity contribution in [2.24, 2.45) is 0 Å². The van der Waals surface area contributed by atoms with Gasteiger partial charge in [0.1, 0.15) is 0 Å². The Morgan fingerprint density at radius 2 is 2.47 bits per heavy atom. The van der Waals surface area contributed by atoms with Gasteiger partial charge in [0.25, 0.3) is 0 Å². The number of nitrogens with one attached hydrogen (secondary N) is 1. The lowest BCUT2D eigenvalue weighted by atomic mass is 10.1. The van der Waals surface area contributed by atoms with Crippen molar-refractivity contribution in [3.63, 3.8) is 0 Å². The van der Waals surface area contributed by atoms with E-state index >= 15 is 0 Å². The van der Waals surface area contributed by atoms with Crippen molar-refractivity contribution in [1.82, 2.24) is 15.2 Å². The fourth-order valence-electron chi connectivity index (χ4n) is 2.62. The predicted octanol–water partition coefficient (Wildman–Crippen LogP) is 2.59. The molecular formula is C13H23N3S. The SMILES string of the molecule is CCCN(C1CCNC1)C(C)c1csc(C)n1. The normalized spacial score (nSPS) is 22.2. The molecular weight excluding hydrogens is 230 g/mol. The van der Waals surface area contributed by atoms with Gasteiger partial charge >= 0.3 is 0 Å². The van der Waals surface area contributed by atoms with E-state index in [0.717, 1.165) is 13.1 Å². The standard InChI is InChI=1S/C13H23N3S/c1-4-7-16(12-5-6-14-8-12)10(2)13-9-17-11(3)15-13/h9-10,12,14H,4-8H2,1-3H3. The molecule has 1 aromatic heterocycles. The van der Waals surface area contributed by atoms with Crippen LogP contribution in [0.4, 0.5) is 0 Å². The first kappa shape index (κ1) is 13.0. The van der Waals surface area contributed by atoms with Gasteiger partial charge < -0.3 is 5.32 Å². The fraction of sp³-hybridized carbons (Fsp3) is 0.769. The van der Waals surface area contributed by atoms with Crippen LogP contribution in [0.15, 0.2) is 5.38 Å². The fourth-order valence-corrected chi connectivity index (χ4v) is 3.31. The van der Waals surface area contributed by atoms with E-state index in [0.29, 0.717) is 12.1 Å². The van der Waals surface area contributed by atoms with Crippen molar-refractivity contribution in [1.29, 1.82) is 0 Å². The second-order valence-electron chi connectivity index (χ2n) is 4.85. The molecule has 2 unspecified atom stereocenters. The van der Waals surface area contributed by atoms with E-state index in [1.54, 1.807) is 11.3 Å². The summed E-state index contributed by atoms with van der Waals surface area (Å²) in [4.78, 5) is 7.26. The van der Waals surface area contributed by atoms with Crippen LogP contribution in [0.1, 0.15) is 43.4 Å². The van der Waals surface area contributed by atoms with Crippen LogP contribution in [0, 0.1) is 6.92 Å². The average molecular weight is 253 g/mol. The lowest BCUT2D eigenvalue weighted by Gasteiger charge is -2.33. The Labute approximate surface area is 108 Å². The Balaban J connectivity index is 2.08. The van der Waals surface area contributed by atoms with Crippen molar-refractivity contribution < 1.29 is 0 Å². The number of thiazole rings is 1. The first-order valence-corrected chi connectivity index (χ1v) is 7.48. The quantitative estimate of drug-likeness (QED) is 0.874. The Hall–Kier alpha value is -0.450. The van der Waals surface area contributed by atoms with Gasteiger partial charge in [0.2, 0.25) is 0 Å². The molecule has 1 aliphatic rings. The maximum atomic E-state index is 4.64. The molecule has 0 bridgehead atoms. The molecule has 1 N–H and O–H groups in total. The Morgan fingerprint density at radius 3 is 3.00 bits per heavy atom. The Morgan fingerprint density at radius 1 is 1.65 bits per heavy atom. The number of hydrogen-bond acceptors (Lipinski definition) is 4. The molecule has 4 heteroatoms. The van der Waals surface area contributed by atoms with E-state index in [2.05, 4.69) is 41.4 Å². The number of hydrogen-bond donors (Lipinski definition) is 1. The van der Waals surface area contributed by atoms with Gasteiger partial charge in [-0.25, -0.2) is 4.98 Å². The van der Waals surface area contributed by atoms with E-state index < -0.39 is 0 Å². The van der Waals surface area contributed by atoms with Crippen molar-refractivity contribution in [3.05, 3.63) is 16.1 Å². The van der Waals surface area contributed by atoms with Gasteiger partial charge in [0, 0.05) is 18.0 Å². The highest BCUT2D eigenvalue weighted by Gasteiger charge is 2.27. The molecule has 0 amide bonds. The third kappa shape index (κ3) is 3.06. The topological polar surface area (TPSA) is 28.2 Å². The molecule has 1 aliphatic heterocycles. The predicted molar refractivity (Wildman–Crippen MR) is 73.5 cm³/mol. The van der Waals surface area contributed by atoms with Crippen LogP contribution in [0.25, 0.3) is 0 Å². The van der Waals surface area contributed by atoms with Gasteiger partial charge in [-0.05, 0) is 39.8 Å². The minimum Gasteiger partial charge on any atom is -0.315 e. The lowest BCUT2D eigenvalue weighted by molar-refractivity contribution is 0.151. The monoisotopic (exact) mass is 253 g/mol. The molecule has 0 radical (unpaired) electrons. The zero-order chi connectivity index (χ0) is 12.3. The van der Waals surface area contributed by atoms with Gasteiger partial charge in [-0.15, -0.1) is 11.3 Å². The van der Waals surface area contributed by atoms with Gasteiger partial charge in [0.15, 0.2) is 0 Å². The molecule has 0 spiro atoms. The number of aromatic nitrogens is 1. The second kappa shape index (κ2) is 5.94. The summed E-state index contributed by atoms with van der Waals surface area (Å²) in [5, 5.41) is 6.85. The van der Waals surface area contributed by atoms with E-state index in [1.807, 2.05) is 0 Å². The van der Waals surface area contributed by atoms with Crippen LogP contribution < -0.4 is 5.32 Å². The summed E-state index contributed by atoms with van der Waals surface area (Å²) in [5.74, 6) is 0. The highest BCUT2D eigenvalue weighted by atomic mass is 32.1. The van der Waals surface area contributed by atoms with Crippen molar-refractivity contribution >= 4 is 11.3 Å². The largest absolute Gasteiger partial charge is 0.315 e. The first-order chi connectivity index (χ1) is 8.22. The maximum absolute atomic E-state index is 4.64. The van der Waals surface area contributed by atoms with Crippen LogP contribution in [0.3, 0.4) is 0 Å². The minimum absolute atomic E-state index is 0.449. The molecule has 17 heavy (non-hydrogen) atoms. The molecule has 96 valence electrons. The molecule has 2 rings (SSSR count). The van der Waals surface area contributed by atoms with Gasteiger partial charge in [-0.1, -0.05) is 6.92 Å². The van der Waals surface area contributed by atoms with E-state index in [-0.39, 0.29) is 0 Å². The van der Waals surface area contributed by atoms with Gasteiger partial charge in [0.05, 0.1) is 16.7 Å². The molecule has 2 heterocycles. The summed E-state index contributed by atoms with van der Waals surface area (Å²) in [6.45, 7) is 10.1. The number of aryl methyl sites for hydroxylation is 1. The van der Waals surface area contributed by atoms with Crippen LogP contribution in [0.2, 0.25) is 0 Å². The van der Waals surface area contributed by atoms with Crippen LogP contribution in [-0.4, -0.2) is 35.6 Å². The zero-order valence-corrected chi connectivity index (χ0v) is 11.9. The lowest BCUT2D eigenvalue weighted by Crippen LogP contribution is -2.39. The molecule has 1 saturated heterocycles. The average Bonchev–Trinajstić information content (AvgIpc) is 2.95. The summed E-state index contributed by atoms with van der Waals surface area (Å²) < 4.78 is 0. The number of nitrogens with zero attached hydrogens (tertiary/aromatic N) is 2. The van der Waals surface area contributed by atoms with Gasteiger partial charge in [-0.3, -0.25) is 4.90 Å². The second-order valence-corrected chi connectivity index (χ2v) is 5.91. The van der Waals surface area contributed by atoms with Crippen molar-refractivity contribution in [2.45, 2.75) is 45.7 Å². The van der Waals surface area contributed by atoms with Crippen molar-refractivity contribution in [2.75, 3.05) is 19.6 Å². The van der Waals surface area contributed by atoms with Crippen molar-refractivity contribution in [3.8, 4) is 0 Å². The smallest absolute Gasteiger partial charge is 0.0898 e. The molecule has 1 fully saturated rings. The molecule has 0 aliphatic carbocycles. The van der Waals surface area contributed by atoms with Crippen LogP contribution in [-0.2, 0) is 0 Å². The zero-order valence-electron chi connectivity index (χ0n) is 11.1. The molecule has 0 saturated carbocycles. The highest BCUT2D eigenvalue weighted by Crippen LogP contribution is 2.26. The summed E-state index contributed by atoms with van der Waals surface area (Å²) in [6, 6.07) is 1.14. The summed E-state index contributed by atoms with van der Waals surface area (Å²) >= 11 is 1.76. The van der Waals surface area contributed by atoms with E-state index in [9.17, 15) is 0 Å². The molecule has 3 nitrogen and oxygen atoms in total. The van der Waals surface area contributed by atoms with E-state index in [1.165, 1.54) is 30.1 Å². The van der Waals surface area contributed by atoms with Crippen LogP contribution in [0.5, 0.6) is 0 Å². The minimum atomic E-state index is 0.449. The van der Waals surface area contributed by atoms with E-state index in [4.69, 9.17) is 0 Å².